The minimum absolute atomic E-state index is 0.0935. The number of hydrogen-bond acceptors (Lipinski definition) is 6. The average molecular weight is 267 g/mol. The molecule has 0 unspecified atom stereocenters. The van der Waals surface area contributed by atoms with E-state index in [4.69, 9.17) is 10.3 Å². The van der Waals surface area contributed by atoms with E-state index < -0.39 is 0 Å². The van der Waals surface area contributed by atoms with Crippen molar-refractivity contribution in [1.29, 1.82) is 0 Å². The molecule has 0 saturated carbocycles. The molecule has 7 nitrogen and oxygen atoms in total. The number of carbonyl (C=O) groups is 1. The molecule has 0 spiro atoms. The first-order valence-corrected chi connectivity index (χ1v) is 6.20. The van der Waals surface area contributed by atoms with Crippen molar-refractivity contribution in [2.45, 2.75) is 12.1 Å². The lowest BCUT2D eigenvalue weighted by Crippen LogP contribution is -2.20. The van der Waals surface area contributed by atoms with E-state index in [-0.39, 0.29) is 11.7 Å². The van der Waals surface area contributed by atoms with E-state index in [1.807, 2.05) is 6.92 Å². The zero-order valence-corrected chi connectivity index (χ0v) is 10.8. The molecule has 0 aliphatic heterocycles. The Morgan fingerprint density at radius 1 is 1.61 bits per heavy atom. The van der Waals surface area contributed by atoms with E-state index in [1.165, 1.54) is 16.4 Å². The molecular weight excluding hydrogens is 254 g/mol. The van der Waals surface area contributed by atoms with Gasteiger partial charge in [-0.15, -0.1) is 10.2 Å². The summed E-state index contributed by atoms with van der Waals surface area (Å²) in [7, 11) is 1.58. The van der Waals surface area contributed by atoms with Gasteiger partial charge in [0.15, 0.2) is 5.82 Å². The smallest absolute Gasteiger partial charge is 0.230 e. The number of rotatable bonds is 4. The summed E-state index contributed by atoms with van der Waals surface area (Å²) in [5.74, 6) is 7.28. The van der Waals surface area contributed by atoms with Crippen LogP contribution in [0.1, 0.15) is 5.76 Å². The quantitative estimate of drug-likeness (QED) is 0.614. The summed E-state index contributed by atoms with van der Waals surface area (Å²) in [5.41, 5.74) is 0.789. The monoisotopic (exact) mass is 267 g/mol. The van der Waals surface area contributed by atoms with Crippen molar-refractivity contribution in [2.24, 2.45) is 0 Å². The zero-order valence-electron chi connectivity index (χ0n) is 10.0. The largest absolute Gasteiger partial charge is 0.469 e. The maximum atomic E-state index is 11.1. The predicted molar refractivity (Wildman–Crippen MR) is 67.4 cm³/mol. The first-order valence-electron chi connectivity index (χ1n) is 5.21. The molecule has 18 heavy (non-hydrogen) atoms. The fraction of sp³-hybridized carbons (Fsp3) is 0.300. The summed E-state index contributed by atoms with van der Waals surface area (Å²) in [6, 6.07) is 1.77. The van der Waals surface area contributed by atoms with Crippen molar-refractivity contribution in [2.75, 3.05) is 18.6 Å². The van der Waals surface area contributed by atoms with Crippen LogP contribution in [-0.2, 0) is 4.79 Å². The number of aryl methyl sites for hydroxylation is 1. The van der Waals surface area contributed by atoms with Gasteiger partial charge < -0.3 is 15.6 Å². The normalized spacial score (nSPS) is 10.6. The van der Waals surface area contributed by atoms with Crippen LogP contribution in [0.25, 0.3) is 11.4 Å². The number of aromatic nitrogens is 3. The number of nitrogens with zero attached hydrogens (tertiary/aromatic N) is 3. The van der Waals surface area contributed by atoms with Gasteiger partial charge in [-0.1, -0.05) is 11.8 Å². The second-order valence-corrected chi connectivity index (χ2v) is 4.47. The molecule has 0 fully saturated rings. The Hall–Kier alpha value is -1.96. The summed E-state index contributed by atoms with van der Waals surface area (Å²) in [6.07, 6.45) is 1.57. The third kappa shape index (κ3) is 2.33. The van der Waals surface area contributed by atoms with Gasteiger partial charge in [0.05, 0.1) is 17.6 Å². The van der Waals surface area contributed by atoms with Crippen molar-refractivity contribution in [3.63, 3.8) is 0 Å². The molecule has 0 aromatic carbocycles. The van der Waals surface area contributed by atoms with Gasteiger partial charge in [0.2, 0.25) is 11.1 Å². The Kier molecular flexibility index (Phi) is 3.56. The molecule has 2 rings (SSSR count). The maximum absolute atomic E-state index is 11.1. The standard InChI is InChI=1S/C10H13N5O2S/c1-6-7(3-4-17-6)9-13-14-10(15(9)11)18-5-8(16)12-2/h3-4H,5,11H2,1-2H3,(H,12,16). The molecule has 0 radical (unpaired) electrons. The lowest BCUT2D eigenvalue weighted by molar-refractivity contribution is -0.118. The van der Waals surface area contributed by atoms with Gasteiger partial charge in [-0.3, -0.25) is 4.79 Å². The Balaban J connectivity index is 2.19. The van der Waals surface area contributed by atoms with Gasteiger partial charge in [0.1, 0.15) is 5.76 Å². The lowest BCUT2D eigenvalue weighted by Gasteiger charge is -2.02. The van der Waals surface area contributed by atoms with Crippen LogP contribution in [0.15, 0.2) is 21.9 Å². The molecule has 96 valence electrons. The topological polar surface area (TPSA) is 99.0 Å². The highest BCUT2D eigenvalue weighted by Gasteiger charge is 2.16. The highest BCUT2D eigenvalue weighted by Crippen LogP contribution is 2.24. The molecule has 3 N–H and O–H groups in total. The molecule has 2 heterocycles. The molecule has 0 saturated heterocycles. The van der Waals surface area contributed by atoms with Gasteiger partial charge in [0, 0.05) is 7.05 Å². The van der Waals surface area contributed by atoms with E-state index in [0.717, 1.165) is 11.3 Å². The zero-order chi connectivity index (χ0) is 13.1. The summed E-state index contributed by atoms with van der Waals surface area (Å²) < 4.78 is 6.54. The fourth-order valence-electron chi connectivity index (χ4n) is 1.38. The number of hydrogen-bond donors (Lipinski definition) is 2. The van der Waals surface area contributed by atoms with Crippen molar-refractivity contribution < 1.29 is 9.21 Å². The third-order valence-electron chi connectivity index (χ3n) is 2.38. The van der Waals surface area contributed by atoms with Crippen LogP contribution < -0.4 is 11.2 Å². The second kappa shape index (κ2) is 5.13. The fourth-order valence-corrected chi connectivity index (χ4v) is 2.11. The molecular formula is C10H13N5O2S. The van der Waals surface area contributed by atoms with Crippen LogP contribution >= 0.6 is 11.8 Å². The van der Waals surface area contributed by atoms with E-state index in [9.17, 15) is 4.79 Å². The molecule has 0 aliphatic rings. The third-order valence-corrected chi connectivity index (χ3v) is 3.32. The van der Waals surface area contributed by atoms with Crippen LogP contribution in [0.3, 0.4) is 0 Å². The number of nitrogen functional groups attached to an aromatic ring is 1. The minimum Gasteiger partial charge on any atom is -0.469 e. The van der Waals surface area contributed by atoms with E-state index in [2.05, 4.69) is 15.5 Å². The number of nitrogens with two attached hydrogens (primary N) is 1. The van der Waals surface area contributed by atoms with Gasteiger partial charge in [-0.05, 0) is 13.0 Å². The average Bonchev–Trinajstić information content (AvgIpc) is 2.93. The van der Waals surface area contributed by atoms with Crippen LogP contribution in [-0.4, -0.2) is 33.6 Å². The van der Waals surface area contributed by atoms with Gasteiger partial charge in [-0.25, -0.2) is 4.68 Å². The molecule has 0 atom stereocenters. The van der Waals surface area contributed by atoms with Crippen LogP contribution in [0.2, 0.25) is 0 Å². The van der Waals surface area contributed by atoms with E-state index >= 15 is 0 Å². The van der Waals surface area contributed by atoms with Gasteiger partial charge in [0.25, 0.3) is 0 Å². The molecule has 2 aromatic heterocycles. The number of thioether (sulfide) groups is 1. The lowest BCUT2D eigenvalue weighted by atomic mass is 10.2. The molecule has 0 aliphatic carbocycles. The second-order valence-electron chi connectivity index (χ2n) is 3.53. The molecule has 1 amide bonds. The minimum atomic E-state index is -0.0935. The summed E-state index contributed by atoms with van der Waals surface area (Å²) in [5, 5.41) is 11.0. The molecule has 2 aromatic rings. The van der Waals surface area contributed by atoms with Crippen LogP contribution in [0.5, 0.6) is 0 Å². The Bertz CT molecular complexity index is 562. The number of amides is 1. The van der Waals surface area contributed by atoms with Gasteiger partial charge in [-0.2, -0.15) is 0 Å². The molecule has 8 heteroatoms. The van der Waals surface area contributed by atoms with Gasteiger partial charge >= 0.3 is 0 Å². The predicted octanol–water partition coefficient (Wildman–Crippen LogP) is 0.398. The van der Waals surface area contributed by atoms with Crippen LogP contribution in [0, 0.1) is 6.92 Å². The maximum Gasteiger partial charge on any atom is 0.230 e. The SMILES string of the molecule is CNC(=O)CSc1nnc(-c2ccoc2C)n1N. The van der Waals surface area contributed by atoms with E-state index in [1.54, 1.807) is 19.4 Å². The van der Waals surface area contributed by atoms with Crippen molar-refractivity contribution >= 4 is 17.7 Å². The van der Waals surface area contributed by atoms with Crippen molar-refractivity contribution in [1.82, 2.24) is 20.2 Å². The number of carbonyl (C=O) groups excluding carboxylic acids is 1. The summed E-state index contributed by atoms with van der Waals surface area (Å²) >= 11 is 1.23. The number of nitrogens with one attached hydrogen (secondary N) is 1. The Labute approximate surface area is 108 Å². The highest BCUT2D eigenvalue weighted by atomic mass is 32.2. The summed E-state index contributed by atoms with van der Waals surface area (Å²) in [6.45, 7) is 1.82. The Morgan fingerprint density at radius 2 is 2.39 bits per heavy atom. The van der Waals surface area contributed by atoms with Crippen molar-refractivity contribution in [3.05, 3.63) is 18.1 Å². The number of furan rings is 1. The summed E-state index contributed by atoms with van der Waals surface area (Å²) in [4.78, 5) is 11.1. The van der Waals surface area contributed by atoms with Crippen LogP contribution in [0.4, 0.5) is 0 Å². The van der Waals surface area contributed by atoms with E-state index in [0.29, 0.717) is 11.0 Å². The molecule has 0 bridgehead atoms. The first kappa shape index (κ1) is 12.5. The highest BCUT2D eigenvalue weighted by molar-refractivity contribution is 7.99. The Morgan fingerprint density at radius 3 is 3.00 bits per heavy atom. The van der Waals surface area contributed by atoms with Crippen molar-refractivity contribution in [3.8, 4) is 11.4 Å². The first-order chi connectivity index (χ1) is 8.63.